The summed E-state index contributed by atoms with van der Waals surface area (Å²) in [4.78, 5) is 11.7. The molecule has 1 aliphatic rings. The van der Waals surface area contributed by atoms with Crippen molar-refractivity contribution in [2.75, 3.05) is 31.1 Å². The fourth-order valence-electron chi connectivity index (χ4n) is 2.68. The van der Waals surface area contributed by atoms with Crippen LogP contribution in [0.15, 0.2) is 42.6 Å². The van der Waals surface area contributed by atoms with E-state index in [1.807, 2.05) is 18.3 Å². The maximum Gasteiger partial charge on any atom is 0.138 e. The Bertz CT molecular complexity index is 729. The van der Waals surface area contributed by atoms with Gasteiger partial charge in [-0.3, -0.25) is 0 Å². The van der Waals surface area contributed by atoms with Gasteiger partial charge < -0.3 is 10.2 Å². The molecule has 1 saturated heterocycles. The van der Waals surface area contributed by atoms with E-state index in [1.165, 1.54) is 4.70 Å². The topological polar surface area (TPSA) is 41.1 Å². The molecule has 0 amide bonds. The number of anilines is 1. The molecule has 3 heterocycles. The van der Waals surface area contributed by atoms with Crippen molar-refractivity contribution in [1.29, 1.82) is 0 Å². The van der Waals surface area contributed by atoms with Gasteiger partial charge >= 0.3 is 0 Å². The standard InChI is InChI=1S/C16H16N4S/c1-2-6-14-13(5-1)19-16(21-14)12-4-3-7-18-15(12)20-10-8-17-9-11-20/h1-7,17H,8-11H2. The van der Waals surface area contributed by atoms with Gasteiger partial charge in [-0.2, -0.15) is 0 Å². The molecule has 2 aromatic heterocycles. The van der Waals surface area contributed by atoms with Gasteiger partial charge in [0, 0.05) is 32.4 Å². The number of nitrogens with one attached hydrogen (secondary N) is 1. The van der Waals surface area contributed by atoms with Crippen LogP contribution in [0.4, 0.5) is 5.82 Å². The summed E-state index contributed by atoms with van der Waals surface area (Å²) in [7, 11) is 0. The molecule has 0 aliphatic carbocycles. The predicted octanol–water partition coefficient (Wildman–Crippen LogP) is 2.77. The number of aromatic nitrogens is 2. The van der Waals surface area contributed by atoms with E-state index in [4.69, 9.17) is 4.98 Å². The van der Waals surface area contributed by atoms with Gasteiger partial charge in [0.05, 0.1) is 15.8 Å². The molecule has 1 fully saturated rings. The number of pyridine rings is 1. The van der Waals surface area contributed by atoms with E-state index in [0.29, 0.717) is 0 Å². The van der Waals surface area contributed by atoms with Crippen molar-refractivity contribution in [3.05, 3.63) is 42.6 Å². The maximum atomic E-state index is 4.77. The van der Waals surface area contributed by atoms with Gasteiger partial charge in [-0.05, 0) is 24.3 Å². The van der Waals surface area contributed by atoms with E-state index in [0.717, 1.165) is 48.1 Å². The lowest BCUT2D eigenvalue weighted by atomic mass is 10.2. The van der Waals surface area contributed by atoms with Gasteiger partial charge in [0.25, 0.3) is 0 Å². The van der Waals surface area contributed by atoms with Crippen molar-refractivity contribution in [2.24, 2.45) is 0 Å². The van der Waals surface area contributed by atoms with Crippen LogP contribution in [-0.2, 0) is 0 Å². The van der Waals surface area contributed by atoms with Crippen molar-refractivity contribution in [3.8, 4) is 10.6 Å². The summed E-state index contributed by atoms with van der Waals surface area (Å²) in [6, 6.07) is 12.4. The highest BCUT2D eigenvalue weighted by molar-refractivity contribution is 7.21. The third-order valence-corrected chi connectivity index (χ3v) is 4.80. The molecule has 3 aromatic rings. The average Bonchev–Trinajstić information content (AvgIpc) is 2.99. The molecular formula is C16H16N4S. The fourth-order valence-corrected chi connectivity index (χ4v) is 3.67. The molecule has 21 heavy (non-hydrogen) atoms. The van der Waals surface area contributed by atoms with E-state index in [1.54, 1.807) is 11.3 Å². The Kier molecular flexibility index (Phi) is 3.29. The first-order chi connectivity index (χ1) is 10.4. The second-order valence-electron chi connectivity index (χ2n) is 5.10. The van der Waals surface area contributed by atoms with Gasteiger partial charge in [0.15, 0.2) is 0 Å². The zero-order chi connectivity index (χ0) is 14.1. The zero-order valence-electron chi connectivity index (χ0n) is 11.6. The Morgan fingerprint density at radius 2 is 1.90 bits per heavy atom. The number of nitrogens with zero attached hydrogens (tertiary/aromatic N) is 3. The van der Waals surface area contributed by atoms with Gasteiger partial charge in [-0.15, -0.1) is 11.3 Å². The molecule has 4 nitrogen and oxygen atoms in total. The lowest BCUT2D eigenvalue weighted by molar-refractivity contribution is 0.585. The third kappa shape index (κ3) is 2.39. The van der Waals surface area contributed by atoms with Crippen molar-refractivity contribution in [1.82, 2.24) is 15.3 Å². The van der Waals surface area contributed by atoms with E-state index >= 15 is 0 Å². The van der Waals surface area contributed by atoms with Crippen LogP contribution in [0.2, 0.25) is 0 Å². The molecular weight excluding hydrogens is 280 g/mol. The number of fused-ring (bicyclic) bond motifs is 1. The Morgan fingerprint density at radius 3 is 2.76 bits per heavy atom. The van der Waals surface area contributed by atoms with Crippen molar-refractivity contribution in [3.63, 3.8) is 0 Å². The third-order valence-electron chi connectivity index (χ3n) is 3.73. The normalized spacial score (nSPS) is 15.5. The van der Waals surface area contributed by atoms with Crippen molar-refractivity contribution >= 4 is 27.4 Å². The van der Waals surface area contributed by atoms with E-state index in [2.05, 4.69) is 39.5 Å². The highest BCUT2D eigenvalue weighted by Gasteiger charge is 2.18. The monoisotopic (exact) mass is 296 g/mol. The first-order valence-corrected chi connectivity index (χ1v) is 8.00. The summed E-state index contributed by atoms with van der Waals surface area (Å²) >= 11 is 1.74. The molecule has 1 N–H and O–H groups in total. The molecule has 106 valence electrons. The second-order valence-corrected chi connectivity index (χ2v) is 6.13. The smallest absolute Gasteiger partial charge is 0.138 e. The molecule has 0 radical (unpaired) electrons. The van der Waals surface area contributed by atoms with Crippen LogP contribution >= 0.6 is 11.3 Å². The Labute approximate surface area is 127 Å². The fraction of sp³-hybridized carbons (Fsp3) is 0.250. The van der Waals surface area contributed by atoms with E-state index < -0.39 is 0 Å². The molecule has 0 saturated carbocycles. The average molecular weight is 296 g/mol. The zero-order valence-corrected chi connectivity index (χ0v) is 12.4. The van der Waals surface area contributed by atoms with Crippen LogP contribution in [0, 0.1) is 0 Å². The number of piperazine rings is 1. The summed E-state index contributed by atoms with van der Waals surface area (Å²) in [6.45, 7) is 4.01. The number of hydrogen-bond donors (Lipinski definition) is 1. The minimum atomic E-state index is 0.995. The lowest BCUT2D eigenvalue weighted by Gasteiger charge is -2.29. The van der Waals surface area contributed by atoms with Gasteiger partial charge in [-0.25, -0.2) is 9.97 Å². The van der Waals surface area contributed by atoms with Crippen molar-refractivity contribution < 1.29 is 0 Å². The van der Waals surface area contributed by atoms with Gasteiger partial charge in [0.1, 0.15) is 10.8 Å². The van der Waals surface area contributed by atoms with Gasteiger partial charge in [-0.1, -0.05) is 12.1 Å². The molecule has 0 bridgehead atoms. The van der Waals surface area contributed by atoms with Gasteiger partial charge in [0.2, 0.25) is 0 Å². The number of hydrogen-bond acceptors (Lipinski definition) is 5. The summed E-state index contributed by atoms with van der Waals surface area (Å²) < 4.78 is 1.22. The maximum absolute atomic E-state index is 4.77. The first-order valence-electron chi connectivity index (χ1n) is 7.18. The number of rotatable bonds is 2. The minimum absolute atomic E-state index is 0.995. The molecule has 1 aliphatic heterocycles. The van der Waals surface area contributed by atoms with E-state index in [9.17, 15) is 0 Å². The van der Waals surface area contributed by atoms with Crippen LogP contribution < -0.4 is 10.2 Å². The van der Waals surface area contributed by atoms with Crippen molar-refractivity contribution in [2.45, 2.75) is 0 Å². The SMILES string of the molecule is c1cnc(N2CCNCC2)c(-c2nc3ccccc3s2)c1. The minimum Gasteiger partial charge on any atom is -0.353 e. The Balaban J connectivity index is 1.80. The molecule has 0 atom stereocenters. The van der Waals surface area contributed by atoms with E-state index in [-0.39, 0.29) is 0 Å². The largest absolute Gasteiger partial charge is 0.353 e. The summed E-state index contributed by atoms with van der Waals surface area (Å²) in [6.07, 6.45) is 1.87. The number of benzene rings is 1. The molecule has 5 heteroatoms. The Hall–Kier alpha value is -1.98. The summed E-state index contributed by atoms with van der Waals surface area (Å²) in [5.41, 5.74) is 2.20. The van der Waals surface area contributed by atoms with Crippen LogP contribution in [0.3, 0.4) is 0 Å². The first kappa shape index (κ1) is 12.7. The molecule has 0 unspecified atom stereocenters. The van der Waals surface area contributed by atoms with Crippen LogP contribution in [0.1, 0.15) is 0 Å². The highest BCUT2D eigenvalue weighted by Crippen LogP contribution is 2.34. The Morgan fingerprint density at radius 1 is 1.05 bits per heavy atom. The predicted molar refractivity (Wildman–Crippen MR) is 87.9 cm³/mol. The molecule has 4 rings (SSSR count). The van der Waals surface area contributed by atoms with Crippen LogP contribution in [-0.4, -0.2) is 36.1 Å². The second kappa shape index (κ2) is 5.42. The van der Waals surface area contributed by atoms with Crippen LogP contribution in [0.5, 0.6) is 0 Å². The molecule has 1 aromatic carbocycles. The summed E-state index contributed by atoms with van der Waals surface area (Å²) in [5, 5.41) is 4.44. The molecule has 0 spiro atoms. The quantitative estimate of drug-likeness (QED) is 0.789. The number of thiazole rings is 1. The highest BCUT2D eigenvalue weighted by atomic mass is 32.1. The lowest BCUT2D eigenvalue weighted by Crippen LogP contribution is -2.44. The number of para-hydroxylation sites is 1. The summed E-state index contributed by atoms with van der Waals surface area (Å²) in [5.74, 6) is 1.05. The van der Waals surface area contributed by atoms with Crippen LogP contribution in [0.25, 0.3) is 20.8 Å².